The van der Waals surface area contributed by atoms with Crippen molar-refractivity contribution in [1.29, 1.82) is 0 Å². The third-order valence-electron chi connectivity index (χ3n) is 1.14. The van der Waals surface area contributed by atoms with E-state index < -0.39 is 32.9 Å². The Morgan fingerprint density at radius 2 is 1.33 bits per heavy atom. The fourth-order valence-corrected chi connectivity index (χ4v) is 0.828. The third kappa shape index (κ3) is 3.30. The molecule has 0 fully saturated rings. The molecule has 0 unspecified atom stereocenters. The van der Waals surface area contributed by atoms with Gasteiger partial charge in [0.1, 0.15) is 0 Å². The predicted molar refractivity (Wildman–Crippen MR) is 31.4 cm³/mol. The van der Waals surface area contributed by atoms with Gasteiger partial charge in [0.05, 0.1) is 0 Å². The molecule has 0 aromatic rings. The largest absolute Gasteiger partial charge is 0.556 e. The van der Waals surface area contributed by atoms with E-state index in [1.54, 1.807) is 0 Å². The average Bonchev–Trinajstić information content (AvgIpc) is 1.77. The smallest absolute Gasteiger partial charge is 0.218 e. The minimum Gasteiger partial charge on any atom is -0.218 e. The lowest BCUT2D eigenvalue weighted by Crippen LogP contribution is -2.53. The maximum absolute atomic E-state index is 12.2. The van der Waals surface area contributed by atoms with Gasteiger partial charge in [0.25, 0.3) is 0 Å². The number of hydrogen-bond donors (Lipinski definition) is 0. The molecule has 0 N–H and O–H groups in total. The van der Waals surface area contributed by atoms with Gasteiger partial charge in [-0.05, 0) is 0 Å². The van der Waals surface area contributed by atoms with Gasteiger partial charge in [-0.15, -0.1) is 8.39 Å². The summed E-state index contributed by atoms with van der Waals surface area (Å²) in [5, 5.41) is 0. The molecule has 11 heteroatoms. The number of rotatable bonds is 4. The van der Waals surface area contributed by atoms with Crippen LogP contribution in [0.3, 0.4) is 0 Å². The zero-order valence-corrected chi connectivity index (χ0v) is 7.68. The van der Waals surface area contributed by atoms with E-state index in [0.717, 1.165) is 0 Å². The maximum atomic E-state index is 12.2. The molecule has 0 saturated carbocycles. The van der Waals surface area contributed by atoms with Crippen LogP contribution in [0.25, 0.3) is 0 Å². The van der Waals surface area contributed by atoms with Crippen LogP contribution >= 0.6 is 7.99 Å². The minimum atomic E-state index is -7.02. The summed E-state index contributed by atoms with van der Waals surface area (Å²) >= 11 is 0. The van der Waals surface area contributed by atoms with Crippen molar-refractivity contribution in [3.63, 3.8) is 0 Å². The van der Waals surface area contributed by atoms with Crippen molar-refractivity contribution in [3.8, 4) is 0 Å². The lowest BCUT2D eigenvalue weighted by atomic mass is 10.2. The summed E-state index contributed by atoms with van der Waals surface area (Å²) in [6, 6.07) is 0. The lowest BCUT2D eigenvalue weighted by Gasteiger charge is -2.29. The second kappa shape index (κ2) is 3.58. The molecule has 92 valence electrons. The summed E-state index contributed by atoms with van der Waals surface area (Å²) in [7, 11) is -7.02. The van der Waals surface area contributed by atoms with Crippen molar-refractivity contribution in [2.75, 3.05) is 0 Å². The normalized spacial score (nSPS) is 15.5. The summed E-state index contributed by atoms with van der Waals surface area (Å²) in [5.74, 6) is -11.5. The van der Waals surface area contributed by atoms with E-state index in [2.05, 4.69) is 0 Å². The standard InChI is InChI=1S/C4H3F8O2P/c1-2(5,6)3(7,8)4(9,10)14-15(11,12)13/h1H3. The van der Waals surface area contributed by atoms with Gasteiger partial charge in [0, 0.05) is 6.92 Å². The van der Waals surface area contributed by atoms with E-state index in [1.165, 1.54) is 0 Å². The quantitative estimate of drug-likeness (QED) is 0.569. The molecule has 2 nitrogen and oxygen atoms in total. The van der Waals surface area contributed by atoms with Crippen LogP contribution in [-0.4, -0.2) is 18.0 Å². The van der Waals surface area contributed by atoms with Gasteiger partial charge in [0.15, 0.2) is 0 Å². The Balaban J connectivity index is 5.12. The third-order valence-corrected chi connectivity index (χ3v) is 1.58. The van der Waals surface area contributed by atoms with Crippen LogP contribution in [0, 0.1) is 0 Å². The van der Waals surface area contributed by atoms with Crippen LogP contribution in [0.2, 0.25) is 0 Å². The highest BCUT2D eigenvalue weighted by atomic mass is 31.2. The SMILES string of the molecule is CC(F)(F)C(F)(F)C(F)(F)OP(=O)(F)F. The second-order valence-electron chi connectivity index (χ2n) is 2.49. The van der Waals surface area contributed by atoms with Crippen LogP contribution in [-0.2, 0) is 9.09 Å². The first kappa shape index (κ1) is 14.6. The predicted octanol–water partition coefficient (Wildman–Crippen LogP) is 3.93. The zero-order valence-electron chi connectivity index (χ0n) is 6.79. The van der Waals surface area contributed by atoms with E-state index >= 15 is 0 Å². The van der Waals surface area contributed by atoms with Crippen molar-refractivity contribution in [2.24, 2.45) is 0 Å². The molecule has 0 rings (SSSR count). The van der Waals surface area contributed by atoms with Crippen LogP contribution in [0.5, 0.6) is 0 Å². The number of hydrogen-bond acceptors (Lipinski definition) is 2. The molecule has 0 heterocycles. The first-order chi connectivity index (χ1) is 6.21. The van der Waals surface area contributed by atoms with Crippen molar-refractivity contribution < 1.29 is 43.8 Å². The molecule has 0 aromatic heterocycles. The number of halogens is 8. The Morgan fingerprint density at radius 1 is 1.00 bits per heavy atom. The van der Waals surface area contributed by atoms with Crippen molar-refractivity contribution in [1.82, 2.24) is 0 Å². The van der Waals surface area contributed by atoms with Gasteiger partial charge in [-0.1, -0.05) is 0 Å². The molecule has 0 aliphatic rings. The van der Waals surface area contributed by atoms with E-state index in [1.807, 2.05) is 4.52 Å². The van der Waals surface area contributed by atoms with Gasteiger partial charge < -0.3 is 0 Å². The number of alkyl halides is 6. The highest BCUT2D eigenvalue weighted by Crippen LogP contribution is 2.59. The van der Waals surface area contributed by atoms with E-state index in [-0.39, 0.29) is 0 Å². The first-order valence-corrected chi connectivity index (χ1v) is 4.45. The molecule has 0 aromatic carbocycles. The van der Waals surface area contributed by atoms with E-state index in [9.17, 15) is 39.3 Å². The lowest BCUT2D eigenvalue weighted by molar-refractivity contribution is -0.370. The second-order valence-corrected chi connectivity index (χ2v) is 3.50. The molecular formula is C4H3F8O2P. The van der Waals surface area contributed by atoms with Gasteiger partial charge in [-0.25, -0.2) is 9.09 Å². The highest BCUT2D eigenvalue weighted by Gasteiger charge is 2.72. The van der Waals surface area contributed by atoms with Crippen LogP contribution in [0.15, 0.2) is 0 Å². The summed E-state index contributed by atoms with van der Waals surface area (Å²) in [4.78, 5) is 0. The summed E-state index contributed by atoms with van der Waals surface area (Å²) in [5.41, 5.74) is 0. The fraction of sp³-hybridized carbons (Fsp3) is 1.00. The van der Waals surface area contributed by atoms with Gasteiger partial charge in [-0.3, -0.25) is 0 Å². The Kier molecular flexibility index (Phi) is 3.50. The maximum Gasteiger partial charge on any atom is 0.556 e. The fourth-order valence-electron chi connectivity index (χ4n) is 0.446. The van der Waals surface area contributed by atoms with Gasteiger partial charge >= 0.3 is 25.9 Å². The van der Waals surface area contributed by atoms with Crippen molar-refractivity contribution >= 4 is 7.99 Å². The first-order valence-electron chi connectivity index (χ1n) is 3.04. The van der Waals surface area contributed by atoms with E-state index in [4.69, 9.17) is 0 Å². The molecule has 0 aliphatic carbocycles. The molecule has 0 spiro atoms. The molecule has 15 heavy (non-hydrogen) atoms. The topological polar surface area (TPSA) is 26.3 Å². The summed E-state index contributed by atoms with van der Waals surface area (Å²) in [6.45, 7) is -0.619. The van der Waals surface area contributed by atoms with Crippen LogP contribution < -0.4 is 0 Å². The zero-order chi connectivity index (χ0) is 12.7. The molecule has 0 atom stereocenters. The van der Waals surface area contributed by atoms with Crippen LogP contribution in [0.1, 0.15) is 6.92 Å². The minimum absolute atomic E-state index is 0.619. The molecule has 0 radical (unpaired) electrons. The Hall–Kier alpha value is -0.370. The van der Waals surface area contributed by atoms with Gasteiger partial charge in [-0.2, -0.15) is 26.3 Å². The molecule has 0 bridgehead atoms. The summed E-state index contributed by atoms with van der Waals surface area (Å²) < 4.78 is 106. The Morgan fingerprint density at radius 3 is 1.53 bits per heavy atom. The molecular weight excluding hydrogens is 263 g/mol. The van der Waals surface area contributed by atoms with Crippen molar-refractivity contribution in [3.05, 3.63) is 0 Å². The molecule has 0 aliphatic heterocycles. The Bertz CT molecular complexity index is 277. The van der Waals surface area contributed by atoms with Crippen molar-refractivity contribution in [2.45, 2.75) is 24.9 Å². The van der Waals surface area contributed by atoms with Gasteiger partial charge in [0.2, 0.25) is 0 Å². The van der Waals surface area contributed by atoms with Crippen LogP contribution in [0.4, 0.5) is 34.7 Å². The van der Waals surface area contributed by atoms with E-state index in [0.29, 0.717) is 0 Å². The highest BCUT2D eigenvalue weighted by molar-refractivity contribution is 7.47. The summed E-state index contributed by atoms with van der Waals surface area (Å²) in [6.07, 6.45) is -6.23. The Labute approximate surface area is 77.9 Å². The molecule has 0 saturated heterocycles. The average molecular weight is 266 g/mol. The molecule has 0 amide bonds. The monoisotopic (exact) mass is 266 g/mol.